The zero-order valence-corrected chi connectivity index (χ0v) is 14.2. The fraction of sp³-hybridized carbons (Fsp3) is 0.444. The summed E-state index contributed by atoms with van der Waals surface area (Å²) in [6, 6.07) is 7.81. The number of hydrogen-bond donors (Lipinski definition) is 3. The van der Waals surface area contributed by atoms with Crippen LogP contribution in [-0.4, -0.2) is 34.7 Å². The largest absolute Gasteiger partial charge is 0.394 e. The number of anilines is 1. The van der Waals surface area contributed by atoms with Gasteiger partial charge in [-0.25, -0.2) is 0 Å². The van der Waals surface area contributed by atoms with Crippen LogP contribution in [0.5, 0.6) is 0 Å². The summed E-state index contributed by atoms with van der Waals surface area (Å²) in [7, 11) is 0. The maximum atomic E-state index is 12.3. The van der Waals surface area contributed by atoms with Crippen molar-refractivity contribution in [1.82, 2.24) is 10.3 Å². The van der Waals surface area contributed by atoms with E-state index in [9.17, 15) is 9.90 Å². The van der Waals surface area contributed by atoms with Crippen molar-refractivity contribution in [2.75, 3.05) is 18.5 Å². The van der Waals surface area contributed by atoms with Crippen molar-refractivity contribution in [3.63, 3.8) is 0 Å². The van der Waals surface area contributed by atoms with Crippen molar-refractivity contribution in [3.05, 3.63) is 35.5 Å². The number of benzene rings is 1. The van der Waals surface area contributed by atoms with Gasteiger partial charge in [0.25, 0.3) is 0 Å². The van der Waals surface area contributed by atoms with Crippen molar-refractivity contribution < 1.29 is 9.90 Å². The van der Waals surface area contributed by atoms with Crippen LogP contribution in [0.15, 0.2) is 24.3 Å². The first-order chi connectivity index (χ1) is 10.9. The van der Waals surface area contributed by atoms with Gasteiger partial charge in [0.2, 0.25) is 5.91 Å². The molecule has 1 aromatic heterocycles. The molecule has 3 N–H and O–H groups in total. The Labute approximate surface area is 137 Å². The molecule has 0 aliphatic heterocycles. The molecule has 0 unspecified atom stereocenters. The van der Waals surface area contributed by atoms with Crippen molar-refractivity contribution >= 4 is 22.5 Å². The van der Waals surface area contributed by atoms with E-state index < -0.39 is 5.54 Å². The molecule has 1 aromatic carbocycles. The van der Waals surface area contributed by atoms with Gasteiger partial charge in [-0.1, -0.05) is 25.1 Å². The SMILES string of the molecule is CCc1nc2ccccc2c(NC(=O)CNC(C)(C)CO)c1C. The highest BCUT2D eigenvalue weighted by molar-refractivity contribution is 6.03. The summed E-state index contributed by atoms with van der Waals surface area (Å²) in [5, 5.41) is 16.2. The molecule has 0 saturated heterocycles. The van der Waals surface area contributed by atoms with Gasteiger partial charge in [-0.05, 0) is 38.8 Å². The topological polar surface area (TPSA) is 74.2 Å². The number of aliphatic hydroxyl groups is 1. The number of pyridine rings is 1. The summed E-state index contributed by atoms with van der Waals surface area (Å²) in [5.74, 6) is -0.131. The molecule has 1 heterocycles. The fourth-order valence-electron chi connectivity index (χ4n) is 2.42. The summed E-state index contributed by atoms with van der Waals surface area (Å²) in [5.41, 5.74) is 3.21. The molecule has 0 atom stereocenters. The van der Waals surface area contributed by atoms with Crippen LogP contribution in [0.2, 0.25) is 0 Å². The van der Waals surface area contributed by atoms with Gasteiger partial charge in [0, 0.05) is 16.6 Å². The van der Waals surface area contributed by atoms with Gasteiger partial charge in [0.1, 0.15) is 0 Å². The average Bonchev–Trinajstić information content (AvgIpc) is 2.55. The Kier molecular flexibility index (Phi) is 5.34. The molecule has 124 valence electrons. The Morgan fingerprint density at radius 1 is 1.30 bits per heavy atom. The normalized spacial score (nSPS) is 11.7. The Bertz CT molecular complexity index is 711. The van der Waals surface area contributed by atoms with Crippen molar-refractivity contribution in [3.8, 4) is 0 Å². The number of para-hydroxylation sites is 1. The van der Waals surface area contributed by atoms with Crippen molar-refractivity contribution in [1.29, 1.82) is 0 Å². The second kappa shape index (κ2) is 7.06. The average molecular weight is 315 g/mol. The van der Waals surface area contributed by atoms with Crippen molar-refractivity contribution in [2.45, 2.75) is 39.7 Å². The van der Waals surface area contributed by atoms with E-state index in [-0.39, 0.29) is 19.1 Å². The van der Waals surface area contributed by atoms with Crippen LogP contribution in [0.1, 0.15) is 32.0 Å². The third-order valence-electron chi connectivity index (χ3n) is 3.96. The minimum absolute atomic E-state index is 0.0303. The second-order valence-corrected chi connectivity index (χ2v) is 6.37. The maximum absolute atomic E-state index is 12.3. The molecule has 0 aliphatic rings. The molecule has 0 saturated carbocycles. The summed E-state index contributed by atoms with van der Waals surface area (Å²) in [6.07, 6.45) is 0.815. The van der Waals surface area contributed by atoms with Gasteiger partial charge in [-0.2, -0.15) is 0 Å². The molecule has 2 aromatic rings. The Balaban J connectivity index is 2.28. The number of rotatable bonds is 6. The summed E-state index contributed by atoms with van der Waals surface area (Å²) in [6.45, 7) is 7.85. The zero-order chi connectivity index (χ0) is 17.0. The first-order valence-corrected chi connectivity index (χ1v) is 7.92. The summed E-state index contributed by atoms with van der Waals surface area (Å²) in [4.78, 5) is 17.0. The van der Waals surface area contributed by atoms with E-state index in [1.54, 1.807) is 0 Å². The van der Waals surface area contributed by atoms with Gasteiger partial charge < -0.3 is 15.7 Å². The predicted molar refractivity (Wildman–Crippen MR) is 93.7 cm³/mol. The first kappa shape index (κ1) is 17.4. The van der Waals surface area contributed by atoms with E-state index in [2.05, 4.69) is 22.5 Å². The third-order valence-corrected chi connectivity index (χ3v) is 3.96. The van der Waals surface area contributed by atoms with E-state index in [1.807, 2.05) is 45.0 Å². The molecule has 0 fully saturated rings. The van der Waals surface area contributed by atoms with Crippen LogP contribution in [0.4, 0.5) is 5.69 Å². The van der Waals surface area contributed by atoms with E-state index in [1.165, 1.54) is 0 Å². The van der Waals surface area contributed by atoms with Gasteiger partial charge in [-0.3, -0.25) is 9.78 Å². The third kappa shape index (κ3) is 4.06. The van der Waals surface area contributed by atoms with Crippen LogP contribution < -0.4 is 10.6 Å². The zero-order valence-electron chi connectivity index (χ0n) is 14.2. The van der Waals surface area contributed by atoms with Crippen LogP contribution in [0.25, 0.3) is 10.9 Å². The number of aromatic nitrogens is 1. The lowest BCUT2D eigenvalue weighted by molar-refractivity contribution is -0.115. The lowest BCUT2D eigenvalue weighted by atomic mass is 10.1. The number of nitrogens with zero attached hydrogens (tertiary/aromatic N) is 1. The molecule has 0 bridgehead atoms. The molecule has 2 rings (SSSR count). The molecule has 23 heavy (non-hydrogen) atoms. The fourth-order valence-corrected chi connectivity index (χ4v) is 2.42. The molecule has 0 aliphatic carbocycles. The van der Waals surface area contributed by atoms with Gasteiger partial charge in [0.05, 0.1) is 24.4 Å². The maximum Gasteiger partial charge on any atom is 0.238 e. The van der Waals surface area contributed by atoms with Crippen LogP contribution >= 0.6 is 0 Å². The lowest BCUT2D eigenvalue weighted by Crippen LogP contribution is -2.46. The standard InChI is InChI=1S/C18H25N3O2/c1-5-14-12(2)17(13-8-6-7-9-15(13)20-14)21-16(23)10-19-18(3,4)11-22/h6-9,19,22H,5,10-11H2,1-4H3,(H,20,21,23). The number of amides is 1. The smallest absolute Gasteiger partial charge is 0.238 e. The summed E-state index contributed by atoms with van der Waals surface area (Å²) < 4.78 is 0. The molecule has 0 radical (unpaired) electrons. The molecule has 1 amide bonds. The van der Waals surface area contributed by atoms with E-state index in [0.717, 1.165) is 34.3 Å². The molecule has 5 nitrogen and oxygen atoms in total. The molecular formula is C18H25N3O2. The highest BCUT2D eigenvalue weighted by Crippen LogP contribution is 2.28. The van der Waals surface area contributed by atoms with Crippen LogP contribution in [0, 0.1) is 6.92 Å². The second-order valence-electron chi connectivity index (χ2n) is 6.37. The molecular weight excluding hydrogens is 290 g/mol. The molecule has 0 spiro atoms. The van der Waals surface area contributed by atoms with E-state index in [4.69, 9.17) is 0 Å². The van der Waals surface area contributed by atoms with Crippen LogP contribution in [0.3, 0.4) is 0 Å². The van der Waals surface area contributed by atoms with Gasteiger partial charge in [0.15, 0.2) is 0 Å². The van der Waals surface area contributed by atoms with Crippen molar-refractivity contribution in [2.24, 2.45) is 0 Å². The van der Waals surface area contributed by atoms with Gasteiger partial charge >= 0.3 is 0 Å². The highest BCUT2D eigenvalue weighted by atomic mass is 16.3. The van der Waals surface area contributed by atoms with Crippen LogP contribution in [-0.2, 0) is 11.2 Å². The minimum atomic E-state index is -0.485. The Morgan fingerprint density at radius 2 is 2.00 bits per heavy atom. The Hall–Kier alpha value is -1.98. The highest BCUT2D eigenvalue weighted by Gasteiger charge is 2.18. The monoisotopic (exact) mass is 315 g/mol. The number of carbonyl (C=O) groups excluding carboxylic acids is 1. The summed E-state index contributed by atoms with van der Waals surface area (Å²) >= 11 is 0. The predicted octanol–water partition coefficient (Wildman–Crippen LogP) is 2.40. The quantitative estimate of drug-likeness (QED) is 0.765. The number of hydrogen-bond acceptors (Lipinski definition) is 4. The lowest BCUT2D eigenvalue weighted by Gasteiger charge is -2.23. The Morgan fingerprint density at radius 3 is 2.65 bits per heavy atom. The van der Waals surface area contributed by atoms with Gasteiger partial charge in [-0.15, -0.1) is 0 Å². The number of aryl methyl sites for hydroxylation is 1. The number of fused-ring (bicyclic) bond motifs is 1. The first-order valence-electron chi connectivity index (χ1n) is 7.92. The van der Waals surface area contributed by atoms with E-state index >= 15 is 0 Å². The minimum Gasteiger partial charge on any atom is -0.394 e. The number of aliphatic hydroxyl groups excluding tert-OH is 1. The number of nitrogens with one attached hydrogen (secondary N) is 2. The number of carbonyl (C=O) groups is 1. The molecule has 5 heteroatoms. The van der Waals surface area contributed by atoms with E-state index in [0.29, 0.717) is 0 Å².